The van der Waals surface area contributed by atoms with Gasteiger partial charge in [0.1, 0.15) is 9.33 Å². The number of benzene rings is 1. The van der Waals surface area contributed by atoms with E-state index in [4.69, 9.17) is 17.3 Å². The molecule has 1 fully saturated rings. The Morgan fingerprint density at radius 2 is 2.08 bits per heavy atom. The van der Waals surface area contributed by atoms with Crippen LogP contribution >= 0.6 is 35.3 Å². The molecule has 128 valence electrons. The van der Waals surface area contributed by atoms with Crippen molar-refractivity contribution in [3.8, 4) is 10.6 Å². The lowest BCUT2D eigenvalue weighted by Crippen LogP contribution is -2.29. The third-order valence-electron chi connectivity index (χ3n) is 3.47. The van der Waals surface area contributed by atoms with Crippen molar-refractivity contribution in [2.45, 2.75) is 12.8 Å². The minimum atomic E-state index is -0.878. The first kappa shape index (κ1) is 17.8. The SMILES string of the molecule is O=C(O)CCCN1C(=O)/C(=C/c2csc(-c3ccccc3)n2)SC1=S. The van der Waals surface area contributed by atoms with Crippen LogP contribution in [0.4, 0.5) is 0 Å². The molecule has 0 aliphatic carbocycles. The Hall–Kier alpha value is -2.03. The van der Waals surface area contributed by atoms with Crippen LogP contribution in [-0.2, 0) is 9.59 Å². The fourth-order valence-electron chi connectivity index (χ4n) is 2.28. The Morgan fingerprint density at radius 1 is 1.32 bits per heavy atom. The minimum Gasteiger partial charge on any atom is -0.481 e. The van der Waals surface area contributed by atoms with E-state index in [0.29, 0.717) is 22.2 Å². The topological polar surface area (TPSA) is 70.5 Å². The highest BCUT2D eigenvalue weighted by molar-refractivity contribution is 8.26. The van der Waals surface area contributed by atoms with Crippen molar-refractivity contribution >= 4 is 57.6 Å². The maximum absolute atomic E-state index is 12.5. The molecule has 1 aromatic heterocycles. The molecule has 1 N–H and O–H groups in total. The van der Waals surface area contributed by atoms with Crippen molar-refractivity contribution in [2.24, 2.45) is 0 Å². The smallest absolute Gasteiger partial charge is 0.303 e. The molecular weight excluding hydrogens is 376 g/mol. The number of thiazole rings is 1. The second-order valence-electron chi connectivity index (χ2n) is 5.27. The van der Waals surface area contributed by atoms with Gasteiger partial charge in [0.15, 0.2) is 0 Å². The predicted octanol–water partition coefficient (Wildman–Crippen LogP) is 3.88. The first-order valence-corrected chi connectivity index (χ1v) is 9.63. The van der Waals surface area contributed by atoms with Gasteiger partial charge in [0.2, 0.25) is 0 Å². The third-order valence-corrected chi connectivity index (χ3v) is 5.75. The van der Waals surface area contributed by atoms with E-state index < -0.39 is 5.97 Å². The molecule has 0 radical (unpaired) electrons. The molecule has 2 aromatic rings. The lowest BCUT2D eigenvalue weighted by molar-refractivity contribution is -0.137. The third kappa shape index (κ3) is 4.33. The van der Waals surface area contributed by atoms with Gasteiger partial charge in [-0.2, -0.15) is 0 Å². The van der Waals surface area contributed by atoms with Gasteiger partial charge in [0, 0.05) is 23.9 Å². The molecule has 0 unspecified atom stereocenters. The number of hydrogen-bond donors (Lipinski definition) is 1. The first-order chi connectivity index (χ1) is 12.0. The lowest BCUT2D eigenvalue weighted by Gasteiger charge is -2.13. The summed E-state index contributed by atoms with van der Waals surface area (Å²) >= 11 is 7.98. The van der Waals surface area contributed by atoms with Crippen molar-refractivity contribution in [3.63, 3.8) is 0 Å². The van der Waals surface area contributed by atoms with E-state index in [2.05, 4.69) is 4.98 Å². The monoisotopic (exact) mass is 390 g/mol. The van der Waals surface area contributed by atoms with Crippen molar-refractivity contribution in [2.75, 3.05) is 6.54 Å². The maximum atomic E-state index is 12.5. The zero-order valence-electron chi connectivity index (χ0n) is 13.0. The summed E-state index contributed by atoms with van der Waals surface area (Å²) in [7, 11) is 0. The molecular formula is C17H14N2O3S3. The maximum Gasteiger partial charge on any atom is 0.303 e. The Kier molecular flexibility index (Phi) is 5.62. The first-order valence-electron chi connectivity index (χ1n) is 7.52. The molecule has 0 spiro atoms. The number of thioether (sulfide) groups is 1. The summed E-state index contributed by atoms with van der Waals surface area (Å²) in [5, 5.41) is 11.5. The molecule has 2 heterocycles. The summed E-state index contributed by atoms with van der Waals surface area (Å²) in [5.74, 6) is -1.06. The molecule has 25 heavy (non-hydrogen) atoms. The molecule has 1 aliphatic heterocycles. The zero-order valence-corrected chi connectivity index (χ0v) is 15.5. The molecule has 1 saturated heterocycles. The molecule has 5 nitrogen and oxygen atoms in total. The summed E-state index contributed by atoms with van der Waals surface area (Å²) in [6, 6.07) is 9.85. The van der Waals surface area contributed by atoms with Gasteiger partial charge >= 0.3 is 5.97 Å². The highest BCUT2D eigenvalue weighted by atomic mass is 32.2. The van der Waals surface area contributed by atoms with Gasteiger partial charge < -0.3 is 5.11 Å². The highest BCUT2D eigenvalue weighted by Gasteiger charge is 2.31. The van der Waals surface area contributed by atoms with Gasteiger partial charge in [-0.3, -0.25) is 14.5 Å². The molecule has 1 aliphatic rings. The number of nitrogens with zero attached hydrogens (tertiary/aromatic N) is 2. The number of rotatable bonds is 6. The number of carboxylic acids is 1. The van der Waals surface area contributed by atoms with Gasteiger partial charge in [0.05, 0.1) is 10.6 Å². The summed E-state index contributed by atoms with van der Waals surface area (Å²) in [5.41, 5.74) is 1.75. The van der Waals surface area contributed by atoms with Crippen LogP contribution in [0.3, 0.4) is 0 Å². The van der Waals surface area contributed by atoms with E-state index in [0.717, 1.165) is 16.3 Å². The highest BCUT2D eigenvalue weighted by Crippen LogP contribution is 2.33. The van der Waals surface area contributed by atoms with Crippen molar-refractivity contribution in [1.29, 1.82) is 0 Å². The van der Waals surface area contributed by atoms with Crippen molar-refractivity contribution in [3.05, 3.63) is 46.3 Å². The van der Waals surface area contributed by atoms with E-state index >= 15 is 0 Å². The van der Waals surface area contributed by atoms with E-state index in [9.17, 15) is 9.59 Å². The Bertz CT molecular complexity index is 846. The molecule has 3 rings (SSSR count). The number of hydrogen-bond acceptors (Lipinski definition) is 6. The van der Waals surface area contributed by atoms with E-state index in [1.807, 2.05) is 35.7 Å². The summed E-state index contributed by atoms with van der Waals surface area (Å²) in [6.45, 7) is 0.320. The van der Waals surface area contributed by atoms with Crippen LogP contribution in [0.1, 0.15) is 18.5 Å². The molecule has 0 atom stereocenters. The molecule has 8 heteroatoms. The van der Waals surface area contributed by atoms with Gasteiger partial charge in [-0.05, 0) is 12.5 Å². The molecule has 0 bridgehead atoms. The van der Waals surface area contributed by atoms with Gasteiger partial charge in [0.25, 0.3) is 5.91 Å². The van der Waals surface area contributed by atoms with Gasteiger partial charge in [-0.1, -0.05) is 54.3 Å². The Labute approximate surface area is 158 Å². The van der Waals surface area contributed by atoms with Crippen LogP contribution in [0.2, 0.25) is 0 Å². The van der Waals surface area contributed by atoms with Gasteiger partial charge in [-0.15, -0.1) is 11.3 Å². The number of carbonyl (C=O) groups is 2. The number of aromatic nitrogens is 1. The largest absolute Gasteiger partial charge is 0.481 e. The predicted molar refractivity (Wildman–Crippen MR) is 104 cm³/mol. The van der Waals surface area contributed by atoms with Crippen molar-refractivity contribution in [1.82, 2.24) is 9.88 Å². The standard InChI is InChI=1S/C17H14N2O3S3/c20-14(21)7-4-8-19-16(22)13(25-17(19)23)9-12-10-24-15(18-12)11-5-2-1-3-6-11/h1-3,5-6,9-10H,4,7-8H2,(H,20,21)/b13-9-. The van der Waals surface area contributed by atoms with Crippen LogP contribution in [0.5, 0.6) is 0 Å². The van der Waals surface area contributed by atoms with E-state index in [1.54, 1.807) is 6.08 Å². The van der Waals surface area contributed by atoms with Crippen LogP contribution in [0, 0.1) is 0 Å². The number of amides is 1. The van der Waals surface area contributed by atoms with Crippen LogP contribution in [0.15, 0.2) is 40.6 Å². The van der Waals surface area contributed by atoms with Gasteiger partial charge in [-0.25, -0.2) is 4.98 Å². The van der Waals surface area contributed by atoms with Crippen LogP contribution in [0.25, 0.3) is 16.6 Å². The fourth-order valence-corrected chi connectivity index (χ4v) is 4.36. The lowest BCUT2D eigenvalue weighted by atomic mass is 10.2. The van der Waals surface area contributed by atoms with Crippen molar-refractivity contribution < 1.29 is 14.7 Å². The number of aliphatic carboxylic acids is 1. The van der Waals surface area contributed by atoms with Crippen LogP contribution in [-0.4, -0.2) is 37.7 Å². The average molecular weight is 391 g/mol. The second-order valence-corrected chi connectivity index (χ2v) is 7.81. The van der Waals surface area contributed by atoms with Crippen LogP contribution < -0.4 is 0 Å². The number of thiocarbonyl (C=S) groups is 1. The number of carbonyl (C=O) groups excluding carboxylic acids is 1. The molecule has 0 saturated carbocycles. The zero-order chi connectivity index (χ0) is 17.8. The molecule has 1 aromatic carbocycles. The minimum absolute atomic E-state index is 0.0165. The average Bonchev–Trinajstić information content (AvgIpc) is 3.16. The number of carboxylic acid groups (broad SMARTS) is 1. The summed E-state index contributed by atoms with van der Waals surface area (Å²) in [4.78, 5) is 29.6. The normalized spacial score (nSPS) is 16.0. The van der Waals surface area contributed by atoms with E-state index in [1.165, 1.54) is 28.0 Å². The fraction of sp³-hybridized carbons (Fsp3) is 0.176. The Morgan fingerprint density at radius 3 is 2.80 bits per heavy atom. The Balaban J connectivity index is 1.72. The summed E-state index contributed by atoms with van der Waals surface area (Å²) < 4.78 is 0.458. The quantitative estimate of drug-likeness (QED) is 0.596. The summed E-state index contributed by atoms with van der Waals surface area (Å²) in [6.07, 6.45) is 2.13. The van der Waals surface area contributed by atoms with E-state index in [-0.39, 0.29) is 12.3 Å². The second kappa shape index (κ2) is 7.90. The molecule has 1 amide bonds.